The monoisotopic (exact) mass is 208 g/mol. The smallest absolute Gasteiger partial charge is 0.309 e. The van der Waals surface area contributed by atoms with Crippen LogP contribution in [-0.4, -0.2) is 24.3 Å². The van der Waals surface area contributed by atoms with E-state index in [2.05, 4.69) is 0 Å². The molecule has 1 N–H and O–H groups in total. The molecule has 4 nitrogen and oxygen atoms in total. The van der Waals surface area contributed by atoms with Gasteiger partial charge in [0.25, 0.3) is 0 Å². The van der Waals surface area contributed by atoms with Crippen molar-refractivity contribution in [2.24, 2.45) is 0 Å². The third kappa shape index (κ3) is 2.00. The lowest BCUT2D eigenvalue weighted by atomic mass is 10.0. The molecule has 0 bridgehead atoms. The topological polar surface area (TPSA) is 55.8 Å². The Morgan fingerprint density at radius 3 is 2.40 bits per heavy atom. The molecule has 1 aromatic rings. The fourth-order valence-electron chi connectivity index (χ4n) is 1.72. The number of hydrogen-bond donors (Lipinski definition) is 1. The van der Waals surface area contributed by atoms with E-state index in [9.17, 15) is 4.79 Å². The first-order valence-electron chi connectivity index (χ1n) is 4.78. The molecular weight excluding hydrogens is 196 g/mol. The zero-order valence-corrected chi connectivity index (χ0v) is 8.18. The summed E-state index contributed by atoms with van der Waals surface area (Å²) in [6.07, 6.45) is -0.170. The molecule has 4 heteroatoms. The summed E-state index contributed by atoms with van der Waals surface area (Å²) >= 11 is 0. The van der Waals surface area contributed by atoms with Crippen molar-refractivity contribution in [3.8, 4) is 0 Å². The number of carboxylic acid groups (broad SMARTS) is 1. The van der Waals surface area contributed by atoms with Crippen LogP contribution in [0.3, 0.4) is 0 Å². The van der Waals surface area contributed by atoms with Crippen LogP contribution in [0.25, 0.3) is 0 Å². The van der Waals surface area contributed by atoms with Gasteiger partial charge < -0.3 is 14.6 Å². The highest BCUT2D eigenvalue weighted by molar-refractivity contribution is 5.68. The number of ether oxygens (including phenoxy) is 2. The van der Waals surface area contributed by atoms with E-state index in [1.54, 1.807) is 0 Å². The molecule has 0 spiro atoms. The van der Waals surface area contributed by atoms with Gasteiger partial charge in [-0.25, -0.2) is 0 Å². The first kappa shape index (κ1) is 10.1. The second-order valence-electron chi connectivity index (χ2n) is 3.39. The summed E-state index contributed by atoms with van der Waals surface area (Å²) in [5.41, 5.74) is 0.755. The van der Waals surface area contributed by atoms with Crippen molar-refractivity contribution in [2.75, 3.05) is 13.2 Å². The standard InChI is InChI=1S/C11H12O4/c12-10(13)8-11(14-6-7-15-11)9-4-2-1-3-5-9/h1-5H,6-8H2,(H,12,13). The molecule has 1 aliphatic heterocycles. The molecule has 1 heterocycles. The minimum Gasteiger partial charge on any atom is -0.481 e. The maximum atomic E-state index is 10.8. The summed E-state index contributed by atoms with van der Waals surface area (Å²) in [5, 5.41) is 8.84. The van der Waals surface area contributed by atoms with Gasteiger partial charge in [-0.2, -0.15) is 0 Å². The number of aliphatic carboxylic acids is 1. The van der Waals surface area contributed by atoms with Crippen LogP contribution in [0, 0.1) is 0 Å². The third-order valence-electron chi connectivity index (χ3n) is 2.35. The quantitative estimate of drug-likeness (QED) is 0.814. The largest absolute Gasteiger partial charge is 0.481 e. The van der Waals surface area contributed by atoms with Crippen molar-refractivity contribution >= 4 is 5.97 Å². The highest BCUT2D eigenvalue weighted by Crippen LogP contribution is 2.34. The summed E-state index contributed by atoms with van der Waals surface area (Å²) in [5.74, 6) is -2.02. The number of hydrogen-bond acceptors (Lipinski definition) is 3. The lowest BCUT2D eigenvalue weighted by molar-refractivity contribution is -0.185. The lowest BCUT2D eigenvalue weighted by Crippen LogP contribution is -2.30. The Labute approximate surface area is 87.4 Å². The van der Waals surface area contributed by atoms with Gasteiger partial charge in [-0.3, -0.25) is 4.79 Å². The van der Waals surface area contributed by atoms with E-state index < -0.39 is 11.8 Å². The average Bonchev–Trinajstić information content (AvgIpc) is 2.68. The maximum Gasteiger partial charge on any atom is 0.309 e. The van der Waals surface area contributed by atoms with Gasteiger partial charge in [-0.05, 0) is 0 Å². The Morgan fingerprint density at radius 1 is 1.27 bits per heavy atom. The van der Waals surface area contributed by atoms with Crippen LogP contribution in [0.4, 0.5) is 0 Å². The Kier molecular flexibility index (Phi) is 2.70. The molecule has 1 fully saturated rings. The van der Waals surface area contributed by atoms with Crippen molar-refractivity contribution in [1.82, 2.24) is 0 Å². The molecule has 0 atom stereocenters. The van der Waals surface area contributed by atoms with Gasteiger partial charge in [-0.15, -0.1) is 0 Å². The molecule has 0 aromatic heterocycles. The number of rotatable bonds is 3. The summed E-state index contributed by atoms with van der Waals surface area (Å²) in [7, 11) is 0. The maximum absolute atomic E-state index is 10.8. The van der Waals surface area contributed by atoms with Gasteiger partial charge in [0, 0.05) is 5.56 Å². The van der Waals surface area contributed by atoms with Crippen LogP contribution in [0.15, 0.2) is 30.3 Å². The van der Waals surface area contributed by atoms with Gasteiger partial charge in [0.1, 0.15) is 6.42 Å². The third-order valence-corrected chi connectivity index (χ3v) is 2.35. The summed E-state index contributed by atoms with van der Waals surface area (Å²) < 4.78 is 10.9. The van der Waals surface area contributed by atoms with Crippen molar-refractivity contribution < 1.29 is 19.4 Å². The molecule has 0 amide bonds. The lowest BCUT2D eigenvalue weighted by Gasteiger charge is -2.25. The van der Waals surface area contributed by atoms with Crippen molar-refractivity contribution in [3.63, 3.8) is 0 Å². The van der Waals surface area contributed by atoms with Gasteiger partial charge >= 0.3 is 5.97 Å². The van der Waals surface area contributed by atoms with Gasteiger partial charge in [0.05, 0.1) is 13.2 Å². The molecule has 0 aliphatic carbocycles. The molecule has 0 saturated carbocycles. The van der Waals surface area contributed by atoms with Crippen LogP contribution in [-0.2, 0) is 20.1 Å². The minimum atomic E-state index is -1.09. The van der Waals surface area contributed by atoms with E-state index in [0.29, 0.717) is 13.2 Å². The van der Waals surface area contributed by atoms with E-state index in [1.807, 2.05) is 30.3 Å². The Hall–Kier alpha value is -1.39. The summed E-state index contributed by atoms with van der Waals surface area (Å²) in [6.45, 7) is 0.865. The van der Waals surface area contributed by atoms with E-state index in [-0.39, 0.29) is 6.42 Å². The second-order valence-corrected chi connectivity index (χ2v) is 3.39. The molecule has 1 aliphatic rings. The zero-order valence-electron chi connectivity index (χ0n) is 8.18. The normalized spacial score (nSPS) is 18.9. The Balaban J connectivity index is 2.30. The molecular formula is C11H12O4. The van der Waals surface area contributed by atoms with Crippen LogP contribution in [0.1, 0.15) is 12.0 Å². The highest BCUT2D eigenvalue weighted by Gasteiger charge is 2.40. The SMILES string of the molecule is O=C(O)CC1(c2ccccc2)OCCO1. The summed E-state index contributed by atoms with van der Waals surface area (Å²) in [6, 6.07) is 9.17. The molecule has 2 rings (SSSR count). The summed E-state index contributed by atoms with van der Waals surface area (Å²) in [4.78, 5) is 10.8. The predicted molar refractivity (Wildman–Crippen MR) is 52.3 cm³/mol. The van der Waals surface area contributed by atoms with Crippen LogP contribution in [0.5, 0.6) is 0 Å². The second kappa shape index (κ2) is 4.00. The van der Waals surface area contributed by atoms with E-state index >= 15 is 0 Å². The molecule has 0 unspecified atom stereocenters. The predicted octanol–water partition coefficient (Wildman–Crippen LogP) is 1.36. The number of carbonyl (C=O) groups is 1. The van der Waals surface area contributed by atoms with Crippen molar-refractivity contribution in [2.45, 2.75) is 12.2 Å². The van der Waals surface area contributed by atoms with E-state index in [1.165, 1.54) is 0 Å². The highest BCUT2D eigenvalue weighted by atomic mass is 16.7. The first-order valence-corrected chi connectivity index (χ1v) is 4.78. The van der Waals surface area contributed by atoms with Crippen molar-refractivity contribution in [1.29, 1.82) is 0 Å². The average molecular weight is 208 g/mol. The molecule has 0 radical (unpaired) electrons. The fraction of sp³-hybridized carbons (Fsp3) is 0.364. The van der Waals surface area contributed by atoms with E-state index in [4.69, 9.17) is 14.6 Å². The zero-order chi connectivity index (χ0) is 10.7. The molecule has 15 heavy (non-hydrogen) atoms. The Morgan fingerprint density at radius 2 is 1.87 bits per heavy atom. The van der Waals surface area contributed by atoms with E-state index in [0.717, 1.165) is 5.56 Å². The van der Waals surface area contributed by atoms with Crippen LogP contribution >= 0.6 is 0 Å². The first-order chi connectivity index (χ1) is 7.23. The van der Waals surface area contributed by atoms with Gasteiger partial charge in [0.2, 0.25) is 5.79 Å². The van der Waals surface area contributed by atoms with Crippen LogP contribution in [0.2, 0.25) is 0 Å². The van der Waals surface area contributed by atoms with Crippen LogP contribution < -0.4 is 0 Å². The van der Waals surface area contributed by atoms with Gasteiger partial charge in [-0.1, -0.05) is 30.3 Å². The van der Waals surface area contributed by atoms with Gasteiger partial charge in [0.15, 0.2) is 0 Å². The Bertz CT molecular complexity index is 341. The molecule has 80 valence electrons. The van der Waals surface area contributed by atoms with Crippen molar-refractivity contribution in [3.05, 3.63) is 35.9 Å². The molecule has 1 saturated heterocycles. The fourth-order valence-corrected chi connectivity index (χ4v) is 1.72. The number of benzene rings is 1. The molecule has 1 aromatic carbocycles. The number of carboxylic acids is 1. The minimum absolute atomic E-state index is 0.170.